The fourth-order valence-corrected chi connectivity index (χ4v) is 4.82. The van der Waals surface area contributed by atoms with Crippen LogP contribution in [0.3, 0.4) is 0 Å². The van der Waals surface area contributed by atoms with Crippen molar-refractivity contribution in [3.63, 3.8) is 0 Å². The van der Waals surface area contributed by atoms with E-state index in [1.807, 2.05) is 7.05 Å². The van der Waals surface area contributed by atoms with Gasteiger partial charge in [-0.2, -0.15) is 0 Å². The molecule has 2 saturated heterocycles. The van der Waals surface area contributed by atoms with Crippen LogP contribution in [0.4, 0.5) is 0 Å². The molecule has 4 atom stereocenters. The van der Waals surface area contributed by atoms with E-state index in [0.717, 1.165) is 25.3 Å². The first kappa shape index (κ1) is 15.3. The van der Waals surface area contributed by atoms with Crippen LogP contribution in [0, 0.1) is 0 Å². The van der Waals surface area contributed by atoms with Crippen LogP contribution in [-0.4, -0.2) is 66.1 Å². The van der Waals surface area contributed by atoms with E-state index in [4.69, 9.17) is 5.73 Å². The van der Waals surface area contributed by atoms with Gasteiger partial charge in [0.25, 0.3) is 0 Å². The van der Waals surface area contributed by atoms with E-state index in [1.54, 1.807) is 0 Å². The van der Waals surface area contributed by atoms with E-state index < -0.39 is 5.54 Å². The lowest BCUT2D eigenvalue weighted by Crippen LogP contribution is -2.63. The Balaban J connectivity index is 1.72. The molecule has 21 heavy (non-hydrogen) atoms. The minimum absolute atomic E-state index is 0.179. The lowest BCUT2D eigenvalue weighted by molar-refractivity contribution is -0.127. The van der Waals surface area contributed by atoms with Crippen molar-refractivity contribution in [3.05, 3.63) is 0 Å². The van der Waals surface area contributed by atoms with Gasteiger partial charge in [-0.3, -0.25) is 14.6 Å². The molecule has 1 saturated carbocycles. The van der Waals surface area contributed by atoms with Crippen molar-refractivity contribution in [2.45, 2.75) is 69.1 Å². The molecule has 2 aliphatic heterocycles. The van der Waals surface area contributed by atoms with Crippen LogP contribution in [0.1, 0.15) is 45.4 Å². The summed E-state index contributed by atoms with van der Waals surface area (Å²) >= 11 is 0. The van der Waals surface area contributed by atoms with Crippen molar-refractivity contribution in [1.29, 1.82) is 0 Å². The molecular weight excluding hydrogens is 264 g/mol. The minimum Gasteiger partial charge on any atom is -0.368 e. The Kier molecular flexibility index (Phi) is 4.26. The third kappa shape index (κ3) is 2.71. The molecule has 4 unspecified atom stereocenters. The number of nitrogens with two attached hydrogens (primary N) is 1. The average Bonchev–Trinajstić information content (AvgIpc) is 2.93. The highest BCUT2D eigenvalue weighted by Gasteiger charge is 2.44. The zero-order chi connectivity index (χ0) is 15.0. The minimum atomic E-state index is -0.491. The number of hydrogen-bond donors (Lipinski definition) is 2. The summed E-state index contributed by atoms with van der Waals surface area (Å²) in [6.45, 7) is 5.97. The van der Waals surface area contributed by atoms with Gasteiger partial charge in [-0.15, -0.1) is 0 Å². The summed E-state index contributed by atoms with van der Waals surface area (Å²) in [7, 11) is 1.88. The largest absolute Gasteiger partial charge is 0.368 e. The number of primary amides is 1. The molecule has 120 valence electrons. The Morgan fingerprint density at radius 3 is 2.71 bits per heavy atom. The number of nitrogens with one attached hydrogen (secondary N) is 1. The normalized spacial score (nSPS) is 41.9. The number of nitrogens with zero attached hydrogens (tertiary/aromatic N) is 2. The Hall–Kier alpha value is -0.650. The highest BCUT2D eigenvalue weighted by atomic mass is 16.1. The first-order chi connectivity index (χ1) is 10.1. The van der Waals surface area contributed by atoms with Crippen LogP contribution >= 0.6 is 0 Å². The number of carbonyl (C=O) groups is 1. The standard InChI is InChI=1S/C16H30N4O/c1-12-10-19-8-4-6-14(19)11-20(12)13-5-3-7-16(9-13,18-2)15(17)21/h12-14,18H,3-11H2,1-2H3,(H2,17,21). The highest BCUT2D eigenvalue weighted by molar-refractivity contribution is 5.84. The van der Waals surface area contributed by atoms with Gasteiger partial charge in [-0.1, -0.05) is 0 Å². The number of hydrogen-bond acceptors (Lipinski definition) is 4. The second-order valence-corrected chi connectivity index (χ2v) is 7.28. The molecule has 0 spiro atoms. The Morgan fingerprint density at radius 2 is 2.00 bits per heavy atom. The maximum Gasteiger partial charge on any atom is 0.237 e. The summed E-state index contributed by atoms with van der Waals surface area (Å²) in [6.07, 6.45) is 6.73. The third-order valence-electron chi connectivity index (χ3n) is 6.13. The van der Waals surface area contributed by atoms with Crippen molar-refractivity contribution in [3.8, 4) is 0 Å². The fourth-order valence-electron chi connectivity index (χ4n) is 4.82. The smallest absolute Gasteiger partial charge is 0.237 e. The van der Waals surface area contributed by atoms with Gasteiger partial charge >= 0.3 is 0 Å². The third-order valence-corrected chi connectivity index (χ3v) is 6.13. The van der Waals surface area contributed by atoms with Crippen molar-refractivity contribution >= 4 is 5.91 Å². The number of piperazine rings is 1. The summed E-state index contributed by atoms with van der Waals surface area (Å²) in [6, 6.07) is 1.82. The zero-order valence-corrected chi connectivity index (χ0v) is 13.5. The molecule has 0 aromatic heterocycles. The Bertz CT molecular complexity index is 402. The van der Waals surface area contributed by atoms with E-state index in [2.05, 4.69) is 22.0 Å². The quantitative estimate of drug-likeness (QED) is 0.797. The predicted octanol–water partition coefficient (Wildman–Crippen LogP) is 0.541. The Morgan fingerprint density at radius 1 is 1.24 bits per heavy atom. The number of likely N-dealkylation sites (N-methyl/N-ethyl adjacent to an activating group) is 1. The first-order valence-electron chi connectivity index (χ1n) is 8.54. The Labute approximate surface area is 128 Å². The van der Waals surface area contributed by atoms with Gasteiger partial charge in [0.05, 0.1) is 5.54 Å². The molecule has 3 fully saturated rings. The number of amides is 1. The summed E-state index contributed by atoms with van der Waals surface area (Å²) in [5.41, 5.74) is 5.21. The summed E-state index contributed by atoms with van der Waals surface area (Å²) in [4.78, 5) is 17.3. The average molecular weight is 294 g/mol. The summed E-state index contributed by atoms with van der Waals surface area (Å²) in [5.74, 6) is -0.179. The molecule has 0 radical (unpaired) electrons. The van der Waals surface area contributed by atoms with Gasteiger partial charge in [0.15, 0.2) is 0 Å². The van der Waals surface area contributed by atoms with Crippen molar-refractivity contribution < 1.29 is 4.79 Å². The van der Waals surface area contributed by atoms with Crippen LogP contribution in [0.5, 0.6) is 0 Å². The highest BCUT2D eigenvalue weighted by Crippen LogP contribution is 2.35. The van der Waals surface area contributed by atoms with Gasteiger partial charge in [0.1, 0.15) is 0 Å². The predicted molar refractivity (Wildman–Crippen MR) is 84.0 cm³/mol. The summed E-state index contributed by atoms with van der Waals surface area (Å²) < 4.78 is 0. The lowest BCUT2D eigenvalue weighted by Gasteiger charge is -2.50. The van der Waals surface area contributed by atoms with Gasteiger partial charge in [0.2, 0.25) is 5.91 Å². The fraction of sp³-hybridized carbons (Fsp3) is 0.938. The van der Waals surface area contributed by atoms with E-state index in [0.29, 0.717) is 12.1 Å². The molecule has 1 amide bonds. The lowest BCUT2D eigenvalue weighted by atomic mass is 9.77. The van der Waals surface area contributed by atoms with Crippen molar-refractivity contribution in [2.75, 3.05) is 26.7 Å². The van der Waals surface area contributed by atoms with Gasteiger partial charge in [-0.25, -0.2) is 0 Å². The van der Waals surface area contributed by atoms with Crippen LogP contribution in [0.15, 0.2) is 0 Å². The van der Waals surface area contributed by atoms with E-state index >= 15 is 0 Å². The SMILES string of the molecule is CNC1(C(N)=O)CCCC(N2CC3CCCN3CC2C)C1. The van der Waals surface area contributed by atoms with Crippen molar-refractivity contribution in [2.24, 2.45) is 5.73 Å². The van der Waals surface area contributed by atoms with E-state index in [1.165, 1.54) is 38.9 Å². The molecule has 3 N–H and O–H groups in total. The molecule has 3 rings (SSSR count). The van der Waals surface area contributed by atoms with E-state index in [-0.39, 0.29) is 5.91 Å². The molecule has 3 aliphatic rings. The summed E-state index contributed by atoms with van der Waals surface area (Å²) in [5, 5.41) is 3.24. The zero-order valence-electron chi connectivity index (χ0n) is 13.5. The van der Waals surface area contributed by atoms with E-state index in [9.17, 15) is 4.79 Å². The monoisotopic (exact) mass is 294 g/mol. The van der Waals surface area contributed by atoms with Crippen molar-refractivity contribution in [1.82, 2.24) is 15.1 Å². The second kappa shape index (κ2) is 5.86. The van der Waals surface area contributed by atoms with Crippen LogP contribution in [-0.2, 0) is 4.79 Å². The number of rotatable bonds is 3. The molecule has 0 bridgehead atoms. The number of fused-ring (bicyclic) bond motifs is 1. The second-order valence-electron chi connectivity index (χ2n) is 7.28. The number of carbonyl (C=O) groups excluding carboxylic acids is 1. The van der Waals surface area contributed by atoms with Gasteiger partial charge < -0.3 is 11.1 Å². The first-order valence-corrected chi connectivity index (χ1v) is 8.54. The molecule has 0 aromatic carbocycles. The maximum atomic E-state index is 11.9. The molecular formula is C16H30N4O. The topological polar surface area (TPSA) is 61.6 Å². The van der Waals surface area contributed by atoms with Gasteiger partial charge in [-0.05, 0) is 59.0 Å². The molecule has 5 heteroatoms. The maximum absolute atomic E-state index is 11.9. The molecule has 1 aliphatic carbocycles. The van der Waals surface area contributed by atoms with Crippen LogP contribution in [0.25, 0.3) is 0 Å². The van der Waals surface area contributed by atoms with Gasteiger partial charge in [0, 0.05) is 31.2 Å². The molecule has 2 heterocycles. The van der Waals surface area contributed by atoms with Crippen LogP contribution in [0.2, 0.25) is 0 Å². The molecule has 5 nitrogen and oxygen atoms in total. The molecule has 0 aromatic rings. The van der Waals surface area contributed by atoms with Crippen LogP contribution < -0.4 is 11.1 Å².